The average molecular weight is 267 g/mol. The van der Waals surface area contributed by atoms with Crippen LogP contribution in [0.25, 0.3) is 11.1 Å². The fourth-order valence-corrected chi connectivity index (χ4v) is 1.93. The van der Waals surface area contributed by atoms with E-state index in [-0.39, 0.29) is 0 Å². The van der Waals surface area contributed by atoms with Gasteiger partial charge >= 0.3 is 0 Å². The molecule has 1 nitrogen and oxygen atoms in total. The van der Waals surface area contributed by atoms with E-state index >= 15 is 0 Å². The SMILES string of the molecule is CCOc1cc(Cl)ccc1-c1ccc(Cl)cc1. The second-order valence-corrected chi connectivity index (χ2v) is 4.45. The van der Waals surface area contributed by atoms with Crippen molar-refractivity contribution < 1.29 is 4.74 Å². The summed E-state index contributed by atoms with van der Waals surface area (Å²) in [5, 5.41) is 1.40. The summed E-state index contributed by atoms with van der Waals surface area (Å²) in [6.07, 6.45) is 0. The van der Waals surface area contributed by atoms with Crippen molar-refractivity contribution in [1.29, 1.82) is 0 Å². The molecule has 0 aliphatic heterocycles. The van der Waals surface area contributed by atoms with E-state index in [1.165, 1.54) is 0 Å². The molecule has 0 radical (unpaired) electrons. The smallest absolute Gasteiger partial charge is 0.128 e. The van der Waals surface area contributed by atoms with Crippen LogP contribution in [0.5, 0.6) is 5.75 Å². The molecule has 0 spiro atoms. The van der Waals surface area contributed by atoms with Crippen LogP contribution in [0, 0.1) is 0 Å². The second kappa shape index (κ2) is 5.44. The zero-order chi connectivity index (χ0) is 12.3. The van der Waals surface area contributed by atoms with Gasteiger partial charge in [0, 0.05) is 15.6 Å². The summed E-state index contributed by atoms with van der Waals surface area (Å²) in [5.74, 6) is 0.794. The van der Waals surface area contributed by atoms with Crippen molar-refractivity contribution >= 4 is 23.2 Å². The van der Waals surface area contributed by atoms with Gasteiger partial charge in [-0.05, 0) is 42.8 Å². The third-order valence-electron chi connectivity index (χ3n) is 2.40. The lowest BCUT2D eigenvalue weighted by atomic mass is 10.0. The van der Waals surface area contributed by atoms with E-state index in [4.69, 9.17) is 27.9 Å². The summed E-state index contributed by atoms with van der Waals surface area (Å²) < 4.78 is 5.59. The molecular weight excluding hydrogens is 255 g/mol. The highest BCUT2D eigenvalue weighted by atomic mass is 35.5. The molecule has 0 fully saturated rings. The quantitative estimate of drug-likeness (QED) is 0.755. The van der Waals surface area contributed by atoms with Gasteiger partial charge in [-0.3, -0.25) is 0 Å². The Kier molecular flexibility index (Phi) is 3.93. The summed E-state index contributed by atoms with van der Waals surface area (Å²) in [5.41, 5.74) is 2.09. The van der Waals surface area contributed by atoms with Crippen molar-refractivity contribution in [3.8, 4) is 16.9 Å². The lowest BCUT2D eigenvalue weighted by Crippen LogP contribution is -1.94. The molecule has 0 atom stereocenters. The first-order valence-electron chi connectivity index (χ1n) is 5.39. The van der Waals surface area contributed by atoms with E-state index in [2.05, 4.69) is 0 Å². The first kappa shape index (κ1) is 12.3. The number of ether oxygens (including phenoxy) is 1. The van der Waals surface area contributed by atoms with Gasteiger partial charge in [0.15, 0.2) is 0 Å². The average Bonchev–Trinajstić information content (AvgIpc) is 2.31. The molecule has 2 rings (SSSR count). The van der Waals surface area contributed by atoms with Crippen LogP contribution in [0.1, 0.15) is 6.92 Å². The first-order chi connectivity index (χ1) is 8.20. The van der Waals surface area contributed by atoms with Crippen LogP contribution < -0.4 is 4.74 Å². The van der Waals surface area contributed by atoms with Crippen LogP contribution in [0.2, 0.25) is 10.0 Å². The molecule has 0 saturated heterocycles. The molecule has 0 aromatic heterocycles. The Morgan fingerprint density at radius 2 is 1.59 bits per heavy atom. The van der Waals surface area contributed by atoms with Crippen LogP contribution in [-0.2, 0) is 0 Å². The van der Waals surface area contributed by atoms with E-state index in [0.29, 0.717) is 11.6 Å². The van der Waals surface area contributed by atoms with Crippen LogP contribution in [0.4, 0.5) is 0 Å². The van der Waals surface area contributed by atoms with Crippen molar-refractivity contribution in [3.05, 3.63) is 52.5 Å². The predicted octanol–water partition coefficient (Wildman–Crippen LogP) is 5.06. The Hall–Kier alpha value is -1.18. The Morgan fingerprint density at radius 1 is 0.941 bits per heavy atom. The highest BCUT2D eigenvalue weighted by Crippen LogP contribution is 2.33. The summed E-state index contributed by atoms with van der Waals surface area (Å²) in [7, 11) is 0. The van der Waals surface area contributed by atoms with Gasteiger partial charge in [0.2, 0.25) is 0 Å². The van der Waals surface area contributed by atoms with Gasteiger partial charge in [-0.2, -0.15) is 0 Å². The third kappa shape index (κ3) is 2.93. The summed E-state index contributed by atoms with van der Waals surface area (Å²) in [6.45, 7) is 2.56. The fourth-order valence-electron chi connectivity index (χ4n) is 1.64. The van der Waals surface area contributed by atoms with Crippen molar-refractivity contribution in [2.45, 2.75) is 6.92 Å². The maximum absolute atomic E-state index is 5.96. The minimum absolute atomic E-state index is 0.612. The number of hydrogen-bond acceptors (Lipinski definition) is 1. The number of rotatable bonds is 3. The van der Waals surface area contributed by atoms with Gasteiger partial charge in [-0.15, -0.1) is 0 Å². The van der Waals surface area contributed by atoms with Gasteiger partial charge in [0.1, 0.15) is 5.75 Å². The Bertz CT molecular complexity index is 506. The van der Waals surface area contributed by atoms with Crippen molar-refractivity contribution in [2.75, 3.05) is 6.61 Å². The topological polar surface area (TPSA) is 9.23 Å². The van der Waals surface area contributed by atoms with Crippen molar-refractivity contribution in [2.24, 2.45) is 0 Å². The summed E-state index contributed by atoms with van der Waals surface area (Å²) in [4.78, 5) is 0. The molecule has 0 saturated carbocycles. The Morgan fingerprint density at radius 3 is 2.24 bits per heavy atom. The molecule has 0 unspecified atom stereocenters. The molecule has 3 heteroatoms. The Labute approximate surface area is 111 Å². The minimum Gasteiger partial charge on any atom is -0.493 e. The lowest BCUT2D eigenvalue weighted by molar-refractivity contribution is 0.341. The molecule has 0 N–H and O–H groups in total. The standard InChI is InChI=1S/C14H12Cl2O/c1-2-17-14-9-12(16)7-8-13(14)10-3-5-11(15)6-4-10/h3-9H,2H2,1H3. The van der Waals surface area contributed by atoms with E-state index < -0.39 is 0 Å². The van der Waals surface area contributed by atoms with Gasteiger partial charge in [0.05, 0.1) is 6.61 Å². The van der Waals surface area contributed by atoms with Crippen LogP contribution in [0.15, 0.2) is 42.5 Å². The monoisotopic (exact) mass is 266 g/mol. The van der Waals surface area contributed by atoms with Gasteiger partial charge < -0.3 is 4.74 Å². The number of halogens is 2. The first-order valence-corrected chi connectivity index (χ1v) is 6.14. The highest BCUT2D eigenvalue weighted by molar-refractivity contribution is 6.31. The van der Waals surface area contributed by atoms with E-state index in [1.807, 2.05) is 49.4 Å². The van der Waals surface area contributed by atoms with Crippen LogP contribution >= 0.6 is 23.2 Å². The van der Waals surface area contributed by atoms with Gasteiger partial charge in [0.25, 0.3) is 0 Å². The normalized spacial score (nSPS) is 10.3. The molecule has 0 heterocycles. The summed E-state index contributed by atoms with van der Waals surface area (Å²) >= 11 is 11.8. The van der Waals surface area contributed by atoms with Crippen LogP contribution in [0.3, 0.4) is 0 Å². The van der Waals surface area contributed by atoms with E-state index in [9.17, 15) is 0 Å². The van der Waals surface area contributed by atoms with E-state index in [1.54, 1.807) is 0 Å². The third-order valence-corrected chi connectivity index (χ3v) is 2.89. The zero-order valence-electron chi connectivity index (χ0n) is 9.41. The maximum Gasteiger partial charge on any atom is 0.128 e. The summed E-state index contributed by atoms with van der Waals surface area (Å²) in [6, 6.07) is 13.3. The molecule has 88 valence electrons. The second-order valence-electron chi connectivity index (χ2n) is 3.58. The molecule has 0 amide bonds. The lowest BCUT2D eigenvalue weighted by Gasteiger charge is -2.10. The minimum atomic E-state index is 0.612. The van der Waals surface area contributed by atoms with E-state index in [0.717, 1.165) is 21.9 Å². The molecule has 17 heavy (non-hydrogen) atoms. The maximum atomic E-state index is 5.96. The predicted molar refractivity (Wildman–Crippen MR) is 73.1 cm³/mol. The fraction of sp³-hybridized carbons (Fsp3) is 0.143. The molecule has 2 aromatic carbocycles. The molecule has 0 aliphatic carbocycles. The van der Waals surface area contributed by atoms with Crippen LogP contribution in [-0.4, -0.2) is 6.61 Å². The Balaban J connectivity index is 2.46. The molecular formula is C14H12Cl2O. The highest BCUT2D eigenvalue weighted by Gasteiger charge is 2.06. The van der Waals surface area contributed by atoms with Gasteiger partial charge in [-0.25, -0.2) is 0 Å². The molecule has 0 bridgehead atoms. The molecule has 2 aromatic rings. The zero-order valence-corrected chi connectivity index (χ0v) is 10.9. The largest absolute Gasteiger partial charge is 0.493 e. The number of hydrogen-bond donors (Lipinski definition) is 0. The van der Waals surface area contributed by atoms with Gasteiger partial charge in [-0.1, -0.05) is 35.3 Å². The number of benzene rings is 2. The van der Waals surface area contributed by atoms with Crippen molar-refractivity contribution in [3.63, 3.8) is 0 Å². The van der Waals surface area contributed by atoms with Crippen molar-refractivity contribution in [1.82, 2.24) is 0 Å². The molecule has 0 aliphatic rings.